The van der Waals surface area contributed by atoms with Gasteiger partial charge in [0.25, 0.3) is 5.91 Å². The molecule has 154 valence electrons. The van der Waals surface area contributed by atoms with Gasteiger partial charge >= 0.3 is 11.9 Å². The van der Waals surface area contributed by atoms with Gasteiger partial charge in [0.15, 0.2) is 5.76 Å². The van der Waals surface area contributed by atoms with Crippen LogP contribution in [-0.4, -0.2) is 32.1 Å². The molecular weight excluding hydrogens is 388 g/mol. The zero-order valence-corrected chi connectivity index (χ0v) is 16.7. The topological polar surface area (TPSA) is 98.1 Å². The largest absolute Gasteiger partial charge is 0.465 e. The molecule has 0 atom stereocenters. The van der Waals surface area contributed by atoms with E-state index in [1.54, 1.807) is 61.7 Å². The number of allylic oxidation sites excluding steroid dienone is 2. The predicted octanol–water partition coefficient (Wildman–Crippen LogP) is 3.33. The van der Waals surface area contributed by atoms with Gasteiger partial charge in [-0.1, -0.05) is 6.08 Å². The molecule has 1 amide bonds. The Morgan fingerprint density at radius 2 is 1.63 bits per heavy atom. The van der Waals surface area contributed by atoms with E-state index in [0.717, 1.165) is 0 Å². The second-order valence-corrected chi connectivity index (χ2v) is 6.23. The molecule has 3 rings (SSSR count). The van der Waals surface area contributed by atoms with E-state index >= 15 is 0 Å². The van der Waals surface area contributed by atoms with Crippen LogP contribution >= 0.6 is 0 Å². The molecule has 1 aliphatic heterocycles. The van der Waals surface area contributed by atoms with Crippen LogP contribution in [0.5, 0.6) is 0 Å². The highest BCUT2D eigenvalue weighted by Crippen LogP contribution is 2.27. The molecule has 0 bridgehead atoms. The zero-order chi connectivity index (χ0) is 21.7. The lowest BCUT2D eigenvalue weighted by Gasteiger charge is -2.23. The third-order valence-corrected chi connectivity index (χ3v) is 4.26. The van der Waals surface area contributed by atoms with Crippen molar-refractivity contribution in [2.24, 2.45) is 0 Å². The van der Waals surface area contributed by atoms with E-state index < -0.39 is 11.9 Å². The van der Waals surface area contributed by atoms with Crippen molar-refractivity contribution >= 4 is 29.2 Å². The highest BCUT2D eigenvalue weighted by molar-refractivity contribution is 6.05. The van der Waals surface area contributed by atoms with Crippen molar-refractivity contribution in [1.29, 1.82) is 0 Å². The summed E-state index contributed by atoms with van der Waals surface area (Å²) in [5.41, 5.74) is 1.17. The van der Waals surface area contributed by atoms with Gasteiger partial charge in [0, 0.05) is 17.6 Å². The van der Waals surface area contributed by atoms with Gasteiger partial charge in [-0.25, -0.2) is 9.59 Å². The van der Waals surface area contributed by atoms with Gasteiger partial charge < -0.3 is 24.1 Å². The van der Waals surface area contributed by atoms with Crippen LogP contribution in [0.3, 0.4) is 0 Å². The summed E-state index contributed by atoms with van der Waals surface area (Å²) in [6.45, 7) is 1.75. The molecular formula is C22H20N2O6. The van der Waals surface area contributed by atoms with E-state index in [-0.39, 0.29) is 22.9 Å². The van der Waals surface area contributed by atoms with Gasteiger partial charge in [-0.15, -0.1) is 0 Å². The molecule has 30 heavy (non-hydrogen) atoms. The standard InChI is InChI=1S/C22H20N2O6/c1-14-7-12-18(30-14)20(25)23-15-8-10-16(11-9-15)24-13-5-4-6-17(21(26)28-2)19(24)22(27)29-3/h4-13H,1-3H3,(H,23,25). The molecule has 8 heteroatoms. The van der Waals surface area contributed by atoms with Gasteiger partial charge in [0.2, 0.25) is 0 Å². The molecule has 0 saturated carbocycles. The highest BCUT2D eigenvalue weighted by atomic mass is 16.5. The molecule has 2 heterocycles. The van der Waals surface area contributed by atoms with Crippen LogP contribution < -0.4 is 10.2 Å². The number of carbonyl (C=O) groups excluding carboxylic acids is 3. The smallest absolute Gasteiger partial charge is 0.355 e. The number of aryl methyl sites for hydroxylation is 1. The summed E-state index contributed by atoms with van der Waals surface area (Å²) in [5, 5.41) is 2.74. The summed E-state index contributed by atoms with van der Waals surface area (Å²) >= 11 is 0. The Morgan fingerprint density at radius 3 is 2.23 bits per heavy atom. The molecule has 0 unspecified atom stereocenters. The third-order valence-electron chi connectivity index (χ3n) is 4.26. The van der Waals surface area contributed by atoms with E-state index in [0.29, 0.717) is 17.1 Å². The fourth-order valence-electron chi connectivity index (χ4n) is 2.82. The number of furan rings is 1. The molecule has 0 radical (unpaired) electrons. The Kier molecular flexibility index (Phi) is 6.17. The molecule has 0 spiro atoms. The number of carbonyl (C=O) groups is 3. The van der Waals surface area contributed by atoms with Crippen molar-refractivity contribution in [1.82, 2.24) is 0 Å². The van der Waals surface area contributed by atoms with Crippen LogP contribution in [0.25, 0.3) is 0 Å². The lowest BCUT2D eigenvalue weighted by atomic mass is 10.1. The van der Waals surface area contributed by atoms with Crippen LogP contribution in [0, 0.1) is 6.92 Å². The number of amides is 1. The van der Waals surface area contributed by atoms with Gasteiger partial charge in [-0.2, -0.15) is 0 Å². The van der Waals surface area contributed by atoms with E-state index in [4.69, 9.17) is 13.9 Å². The van der Waals surface area contributed by atoms with E-state index in [1.807, 2.05) is 0 Å². The van der Waals surface area contributed by atoms with E-state index in [9.17, 15) is 14.4 Å². The summed E-state index contributed by atoms with van der Waals surface area (Å²) in [7, 11) is 2.47. The Bertz CT molecular complexity index is 1060. The number of hydrogen-bond acceptors (Lipinski definition) is 7. The average molecular weight is 408 g/mol. The van der Waals surface area contributed by atoms with Crippen LogP contribution in [0.15, 0.2) is 76.5 Å². The normalized spacial score (nSPS) is 13.1. The number of methoxy groups -OCH3 is 2. The van der Waals surface area contributed by atoms with Crippen molar-refractivity contribution in [2.45, 2.75) is 6.92 Å². The van der Waals surface area contributed by atoms with Crippen molar-refractivity contribution in [3.8, 4) is 0 Å². The number of esters is 2. The fraction of sp³-hybridized carbons (Fsp3) is 0.136. The first-order valence-electron chi connectivity index (χ1n) is 8.97. The summed E-state index contributed by atoms with van der Waals surface area (Å²) in [4.78, 5) is 38.4. The van der Waals surface area contributed by atoms with Crippen LogP contribution in [0.2, 0.25) is 0 Å². The van der Waals surface area contributed by atoms with E-state index in [2.05, 4.69) is 5.32 Å². The van der Waals surface area contributed by atoms with Crippen molar-refractivity contribution in [3.05, 3.63) is 83.6 Å². The number of nitrogens with one attached hydrogen (secondary N) is 1. The Labute approximate surface area is 173 Å². The summed E-state index contributed by atoms with van der Waals surface area (Å²) in [6.07, 6.45) is 6.40. The second-order valence-electron chi connectivity index (χ2n) is 6.23. The summed E-state index contributed by atoms with van der Waals surface area (Å²) < 4.78 is 15.0. The maximum Gasteiger partial charge on any atom is 0.355 e. The quantitative estimate of drug-likeness (QED) is 0.758. The molecule has 8 nitrogen and oxygen atoms in total. The van der Waals surface area contributed by atoms with Crippen molar-refractivity contribution in [3.63, 3.8) is 0 Å². The Morgan fingerprint density at radius 1 is 0.933 bits per heavy atom. The molecule has 0 aliphatic carbocycles. The minimum atomic E-state index is -0.697. The number of nitrogens with zero attached hydrogens (tertiary/aromatic N) is 1. The summed E-state index contributed by atoms with van der Waals surface area (Å²) in [5.74, 6) is -0.898. The fourth-order valence-corrected chi connectivity index (χ4v) is 2.82. The van der Waals surface area contributed by atoms with Crippen molar-refractivity contribution < 1.29 is 28.3 Å². The maximum absolute atomic E-state index is 12.4. The predicted molar refractivity (Wildman–Crippen MR) is 110 cm³/mol. The number of hydrogen-bond donors (Lipinski definition) is 1. The first kappa shape index (κ1) is 20.7. The van der Waals surface area contributed by atoms with E-state index in [1.165, 1.54) is 25.2 Å². The number of ether oxygens (including phenoxy) is 2. The average Bonchev–Trinajstić information content (AvgIpc) is 3.07. The minimum absolute atomic E-state index is 0.0113. The lowest BCUT2D eigenvalue weighted by molar-refractivity contribution is -0.139. The lowest BCUT2D eigenvalue weighted by Crippen LogP contribution is -2.26. The summed E-state index contributed by atoms with van der Waals surface area (Å²) in [6, 6.07) is 10.0. The van der Waals surface area contributed by atoms with Gasteiger partial charge in [0.1, 0.15) is 11.5 Å². The van der Waals surface area contributed by atoms with Crippen LogP contribution in [-0.2, 0) is 19.1 Å². The molecule has 2 aromatic rings. The van der Waals surface area contributed by atoms with Crippen LogP contribution in [0.4, 0.5) is 11.4 Å². The molecule has 1 N–H and O–H groups in total. The number of benzene rings is 1. The number of anilines is 2. The second kappa shape index (κ2) is 8.95. The van der Waals surface area contributed by atoms with Crippen LogP contribution in [0.1, 0.15) is 16.3 Å². The first-order valence-corrected chi connectivity index (χ1v) is 8.97. The van der Waals surface area contributed by atoms with Crippen molar-refractivity contribution in [2.75, 3.05) is 24.4 Å². The zero-order valence-electron chi connectivity index (χ0n) is 16.7. The van der Waals surface area contributed by atoms with Gasteiger partial charge in [-0.05, 0) is 55.5 Å². The monoisotopic (exact) mass is 408 g/mol. The Hall–Kier alpha value is -4.07. The molecule has 0 fully saturated rings. The SMILES string of the molecule is COC(=O)C1=C(C(=O)OC)N(c2ccc(NC(=O)c3ccc(C)o3)cc2)C=CC=C1. The molecule has 1 aromatic carbocycles. The highest BCUT2D eigenvalue weighted by Gasteiger charge is 2.27. The van der Waals surface area contributed by atoms with Gasteiger partial charge in [0.05, 0.1) is 19.8 Å². The molecule has 1 aromatic heterocycles. The Balaban J connectivity index is 1.90. The number of rotatable bonds is 5. The molecule has 0 saturated heterocycles. The maximum atomic E-state index is 12.4. The molecule has 1 aliphatic rings. The third kappa shape index (κ3) is 4.33. The minimum Gasteiger partial charge on any atom is -0.465 e. The first-order chi connectivity index (χ1) is 14.4. The van der Waals surface area contributed by atoms with Gasteiger partial charge in [-0.3, -0.25) is 4.79 Å².